The van der Waals surface area contributed by atoms with Gasteiger partial charge in [-0.1, -0.05) is 23.7 Å². The summed E-state index contributed by atoms with van der Waals surface area (Å²) >= 11 is 5.95. The molecule has 1 aromatic carbocycles. The van der Waals surface area contributed by atoms with Crippen molar-refractivity contribution in [2.24, 2.45) is 4.99 Å². The number of fused-ring (bicyclic) bond motifs is 1. The van der Waals surface area contributed by atoms with E-state index in [0.717, 1.165) is 22.8 Å². The summed E-state index contributed by atoms with van der Waals surface area (Å²) < 4.78 is 0.266. The first-order valence-electron chi connectivity index (χ1n) is 7.18. The van der Waals surface area contributed by atoms with Crippen molar-refractivity contribution in [1.29, 1.82) is 0 Å². The lowest BCUT2D eigenvalue weighted by Gasteiger charge is -2.33. The van der Waals surface area contributed by atoms with E-state index in [4.69, 9.17) is 16.6 Å². The molecule has 2 atom stereocenters. The third-order valence-electron chi connectivity index (χ3n) is 3.91. The van der Waals surface area contributed by atoms with E-state index in [1.165, 1.54) is 0 Å². The van der Waals surface area contributed by atoms with E-state index in [2.05, 4.69) is 0 Å². The van der Waals surface area contributed by atoms with Crippen molar-refractivity contribution in [2.45, 2.75) is 13.0 Å². The molecule has 0 bridgehead atoms. The number of aliphatic hydroxyl groups excluding tert-OH is 2. The number of nitrogens with zero attached hydrogens (tertiary/aromatic N) is 2. The summed E-state index contributed by atoms with van der Waals surface area (Å²) in [5.41, 5.74) is 2.41. The molecule has 0 saturated carbocycles. The predicted molar refractivity (Wildman–Crippen MR) is 88.0 cm³/mol. The molecular weight excluding hydrogens is 300 g/mol. The largest absolute Gasteiger partial charge is 0.387 e. The third-order valence-corrected chi connectivity index (χ3v) is 4.16. The SMILES string of the molecule is CC(O)C[N+]12C=CC=CC1=NC(c1ccc(Cl)cc1)=C2CO. The number of aliphatic imine (C=N–C) groups is 1. The van der Waals surface area contributed by atoms with Gasteiger partial charge in [-0.15, -0.1) is 0 Å². The lowest BCUT2D eigenvalue weighted by molar-refractivity contribution is -0.749. The summed E-state index contributed by atoms with van der Waals surface area (Å²) in [6.07, 6.45) is 7.19. The van der Waals surface area contributed by atoms with Gasteiger partial charge in [0.2, 0.25) is 5.84 Å². The van der Waals surface area contributed by atoms with Crippen molar-refractivity contribution in [3.63, 3.8) is 0 Å². The Morgan fingerprint density at radius 2 is 1.95 bits per heavy atom. The van der Waals surface area contributed by atoms with Gasteiger partial charge in [-0.05, 0) is 31.2 Å². The molecule has 0 aromatic heterocycles. The maximum absolute atomic E-state index is 9.96. The number of rotatable bonds is 4. The second-order valence-corrected chi connectivity index (χ2v) is 5.97. The number of aliphatic hydroxyl groups is 2. The molecule has 0 saturated heterocycles. The Bertz CT molecular complexity index is 702. The monoisotopic (exact) mass is 317 g/mol. The molecule has 2 heterocycles. The molecule has 2 aliphatic heterocycles. The number of amidine groups is 1. The molecule has 1 aromatic rings. The van der Waals surface area contributed by atoms with Gasteiger partial charge in [0.1, 0.15) is 31.2 Å². The Balaban J connectivity index is 2.15. The molecule has 0 spiro atoms. The van der Waals surface area contributed by atoms with E-state index in [1.54, 1.807) is 19.1 Å². The number of allylic oxidation sites excluding steroid dienone is 2. The van der Waals surface area contributed by atoms with Crippen LogP contribution in [-0.2, 0) is 0 Å². The topological polar surface area (TPSA) is 52.8 Å². The van der Waals surface area contributed by atoms with Crippen LogP contribution in [0.5, 0.6) is 0 Å². The quantitative estimate of drug-likeness (QED) is 0.839. The molecule has 22 heavy (non-hydrogen) atoms. The number of hydrogen-bond acceptors (Lipinski definition) is 3. The third kappa shape index (κ3) is 2.44. The second-order valence-electron chi connectivity index (χ2n) is 5.53. The lowest BCUT2D eigenvalue weighted by atomic mass is 10.1. The Hall–Kier alpha value is -1.72. The highest BCUT2D eigenvalue weighted by atomic mass is 35.5. The second kappa shape index (κ2) is 5.82. The molecule has 0 amide bonds. The van der Waals surface area contributed by atoms with Gasteiger partial charge in [0.05, 0.1) is 0 Å². The summed E-state index contributed by atoms with van der Waals surface area (Å²) in [7, 11) is 0. The van der Waals surface area contributed by atoms with Crippen LogP contribution in [-0.4, -0.2) is 39.8 Å². The number of quaternary nitrogens is 1. The van der Waals surface area contributed by atoms with Gasteiger partial charge in [-0.2, -0.15) is 4.99 Å². The van der Waals surface area contributed by atoms with Crippen LogP contribution in [0, 0.1) is 0 Å². The maximum atomic E-state index is 9.96. The highest BCUT2D eigenvalue weighted by Crippen LogP contribution is 2.38. The van der Waals surface area contributed by atoms with Crippen LogP contribution in [0.1, 0.15) is 12.5 Å². The fourth-order valence-electron chi connectivity index (χ4n) is 2.99. The van der Waals surface area contributed by atoms with Crippen LogP contribution in [0.2, 0.25) is 5.02 Å². The van der Waals surface area contributed by atoms with Crippen molar-refractivity contribution in [1.82, 2.24) is 0 Å². The first-order chi connectivity index (χ1) is 10.6. The molecule has 0 fully saturated rings. The minimum Gasteiger partial charge on any atom is -0.387 e. The van der Waals surface area contributed by atoms with Gasteiger partial charge in [-0.25, -0.2) is 4.48 Å². The molecule has 4 nitrogen and oxygen atoms in total. The maximum Gasteiger partial charge on any atom is 0.238 e. The molecule has 2 N–H and O–H groups in total. The van der Waals surface area contributed by atoms with Crippen molar-refractivity contribution in [3.05, 3.63) is 65.0 Å². The predicted octanol–water partition coefficient (Wildman–Crippen LogP) is 2.69. The molecule has 3 rings (SSSR count). The first-order valence-corrected chi connectivity index (χ1v) is 7.56. The highest BCUT2D eigenvalue weighted by Gasteiger charge is 2.45. The van der Waals surface area contributed by atoms with Crippen LogP contribution in [0.15, 0.2) is 59.4 Å². The average molecular weight is 318 g/mol. The molecular formula is C17H18ClN2O2+. The molecule has 0 aliphatic carbocycles. The minimum absolute atomic E-state index is 0.129. The molecule has 2 aliphatic rings. The number of halogens is 1. The summed E-state index contributed by atoms with van der Waals surface area (Å²) in [6.45, 7) is 2.05. The van der Waals surface area contributed by atoms with E-state index in [-0.39, 0.29) is 11.1 Å². The minimum atomic E-state index is -0.521. The Labute approximate surface area is 134 Å². The molecule has 114 valence electrons. The zero-order valence-corrected chi connectivity index (χ0v) is 13.0. The standard InChI is InChI=1S/C17H18ClN2O2/c1-12(22)10-20-9-3-2-4-16(20)19-17(15(20)11-21)13-5-7-14(18)8-6-13/h2-9,12,21-22H,10-11H2,1H3/q+1. The molecule has 0 radical (unpaired) electrons. The summed E-state index contributed by atoms with van der Waals surface area (Å²) in [6, 6.07) is 7.40. The summed E-state index contributed by atoms with van der Waals surface area (Å²) in [5.74, 6) is 0.803. The van der Waals surface area contributed by atoms with E-state index in [0.29, 0.717) is 11.6 Å². The van der Waals surface area contributed by atoms with Gasteiger partial charge in [-0.3, -0.25) is 0 Å². The van der Waals surface area contributed by atoms with Crippen LogP contribution in [0.25, 0.3) is 5.70 Å². The van der Waals surface area contributed by atoms with Crippen LogP contribution < -0.4 is 0 Å². The van der Waals surface area contributed by atoms with Gasteiger partial charge in [0.25, 0.3) is 0 Å². The van der Waals surface area contributed by atoms with Crippen molar-refractivity contribution >= 4 is 23.1 Å². The highest BCUT2D eigenvalue weighted by molar-refractivity contribution is 6.30. The average Bonchev–Trinajstić information content (AvgIpc) is 2.80. The van der Waals surface area contributed by atoms with E-state index in [1.807, 2.05) is 36.6 Å². The Kier molecular flexibility index (Phi) is 4.02. The van der Waals surface area contributed by atoms with Crippen LogP contribution in [0.3, 0.4) is 0 Å². The fourth-order valence-corrected chi connectivity index (χ4v) is 3.12. The number of benzene rings is 1. The van der Waals surface area contributed by atoms with Gasteiger partial charge >= 0.3 is 0 Å². The molecule has 5 heteroatoms. The van der Waals surface area contributed by atoms with Crippen LogP contribution in [0.4, 0.5) is 0 Å². The van der Waals surface area contributed by atoms with Crippen molar-refractivity contribution in [2.75, 3.05) is 13.2 Å². The van der Waals surface area contributed by atoms with Gasteiger partial charge < -0.3 is 10.2 Å². The van der Waals surface area contributed by atoms with Gasteiger partial charge in [0, 0.05) is 16.7 Å². The van der Waals surface area contributed by atoms with E-state index in [9.17, 15) is 10.2 Å². The fraction of sp³-hybridized carbons (Fsp3) is 0.235. The summed E-state index contributed by atoms with van der Waals surface area (Å²) in [4.78, 5) is 4.70. The smallest absolute Gasteiger partial charge is 0.238 e. The lowest BCUT2D eigenvalue weighted by Crippen LogP contribution is -2.50. The zero-order chi connectivity index (χ0) is 15.7. The normalized spacial score (nSPS) is 24.5. The Morgan fingerprint density at radius 1 is 1.23 bits per heavy atom. The zero-order valence-electron chi connectivity index (χ0n) is 12.3. The first kappa shape index (κ1) is 15.2. The van der Waals surface area contributed by atoms with Crippen LogP contribution >= 0.6 is 11.6 Å². The molecule has 2 unspecified atom stereocenters. The number of hydrogen-bond donors (Lipinski definition) is 2. The van der Waals surface area contributed by atoms with Crippen molar-refractivity contribution in [3.8, 4) is 0 Å². The van der Waals surface area contributed by atoms with Gasteiger partial charge in [0.15, 0.2) is 5.70 Å². The Morgan fingerprint density at radius 3 is 2.59 bits per heavy atom. The summed E-state index contributed by atoms with van der Waals surface area (Å²) in [5, 5.41) is 20.5. The van der Waals surface area contributed by atoms with Crippen molar-refractivity contribution < 1.29 is 14.7 Å². The van der Waals surface area contributed by atoms with E-state index < -0.39 is 6.10 Å². The van der Waals surface area contributed by atoms with E-state index >= 15 is 0 Å².